The zero-order chi connectivity index (χ0) is 66.6. The van der Waals surface area contributed by atoms with Gasteiger partial charge in [0, 0.05) is 30.3 Å². The molecule has 6 atom stereocenters. The number of methoxy groups -OCH3 is 4. The fourth-order valence-corrected chi connectivity index (χ4v) is 10.7. The summed E-state index contributed by atoms with van der Waals surface area (Å²) in [5.41, 5.74) is 12.6. The Kier molecular flexibility index (Phi) is 23.8. The van der Waals surface area contributed by atoms with Crippen LogP contribution < -0.4 is 21.7 Å². The SMILES string of the molecule is COC(=O)Cl.COC(=O)N[C@H](C(=O)N1CCC[C@H]1c1ncc(-c2ccc3cc(-c4ccc5nc([C@@H]6CCCN6C(=O)[C@@H](NC(=O)OC)c6ccccc6)[nH]c5c4)ccc3c2)[nH]1)c1ccccc1.COC(=O)N[C@H](C(=O)O)c1ccccc1.N[C@H](C(=O)O)c1ccccc1. The number of H-pyrrole nitrogens is 2. The summed E-state index contributed by atoms with van der Waals surface area (Å²) < 4.78 is 17.9. The molecule has 0 spiro atoms. The highest BCUT2D eigenvalue weighted by atomic mass is 35.5. The van der Waals surface area contributed by atoms with Crippen molar-refractivity contribution >= 4 is 80.9 Å². The lowest BCUT2D eigenvalue weighted by Gasteiger charge is -2.28. The minimum Gasteiger partial charge on any atom is -0.480 e. The van der Waals surface area contributed by atoms with Gasteiger partial charge in [-0.3, -0.25) is 14.4 Å². The molecule has 25 heteroatoms. The number of rotatable bonds is 15. The third kappa shape index (κ3) is 17.6. The van der Waals surface area contributed by atoms with Gasteiger partial charge in [-0.05, 0) is 94.1 Å². The molecule has 9 aromatic rings. The highest BCUT2D eigenvalue weighted by molar-refractivity contribution is 6.61. The van der Waals surface area contributed by atoms with Crippen LogP contribution in [0.25, 0.3) is 44.2 Å². The Morgan fingerprint density at radius 2 is 0.925 bits per heavy atom. The molecule has 0 bridgehead atoms. The Bertz CT molecular complexity index is 4050. The van der Waals surface area contributed by atoms with Gasteiger partial charge in [-0.1, -0.05) is 152 Å². The number of amides is 5. The second kappa shape index (κ2) is 32.6. The number of aromatic amines is 2. The third-order valence-electron chi connectivity index (χ3n) is 15.4. The standard InChI is InChI=1S/C48H46N8O6.C10H11NO4.C8H9NO2.C2H3ClO2/c1-61-47(59)53-41(29-11-5-3-6-12-29)45(57)55-23-9-15-39(55)43-49-28-38(52-43)35-20-19-31-25-32(17-18-33(31)26-35)34-21-22-36-37(27-34)51-44(50-36)40-16-10-24-56(40)46(58)42(54-48(60)62-2)30-13-7-4-8-14-30;1-15-10(14)11-8(9(12)13)7-5-3-2-4-6-7;9-7(8(10)11)6-4-2-1-3-5-6;1-5-2(3)4/h3-8,11-14,17-22,25-28,39-42H,9-10,15-16,23-24H2,1-2H3,(H,49,52)(H,50,51)(H,53,59)(H,54,60);2-6,8H,1H3,(H,11,14)(H,12,13);1-5,7H,9H2,(H,10,11);1H3/t39-,40-,41-,42-;8-;7-;/m000./s1. The van der Waals surface area contributed by atoms with Crippen molar-refractivity contribution in [2.24, 2.45) is 5.73 Å². The molecule has 2 aliphatic rings. The van der Waals surface area contributed by atoms with Crippen molar-refractivity contribution < 1.29 is 67.5 Å². The third-order valence-corrected chi connectivity index (χ3v) is 15.5. The molecule has 0 radical (unpaired) electrons. The maximum Gasteiger partial charge on any atom is 0.407 e. The number of hydrogen-bond acceptors (Lipinski definition) is 15. The first-order valence-electron chi connectivity index (χ1n) is 29.3. The topological polar surface area (TPSA) is 340 Å². The summed E-state index contributed by atoms with van der Waals surface area (Å²) in [5.74, 6) is -1.16. The predicted octanol–water partition coefficient (Wildman–Crippen LogP) is 11.2. The molecule has 2 fully saturated rings. The molecule has 482 valence electrons. The number of carbonyl (C=O) groups is 8. The lowest BCUT2D eigenvalue weighted by molar-refractivity contribution is -0.140. The average molecular weight is 1290 g/mol. The van der Waals surface area contributed by atoms with Crippen molar-refractivity contribution in [1.82, 2.24) is 45.7 Å². The van der Waals surface area contributed by atoms with E-state index < -0.39 is 59.8 Å². The minimum atomic E-state index is -1.13. The molecular formula is C68H69ClN10O14. The summed E-state index contributed by atoms with van der Waals surface area (Å²) in [7, 11) is 4.96. The number of halogens is 1. The summed E-state index contributed by atoms with van der Waals surface area (Å²) in [6, 6.07) is 50.0. The maximum atomic E-state index is 14.0. The number of ether oxygens (including phenoxy) is 4. The minimum absolute atomic E-state index is 0.214. The van der Waals surface area contributed by atoms with E-state index in [9.17, 15) is 38.4 Å². The zero-order valence-corrected chi connectivity index (χ0v) is 51.8. The lowest BCUT2D eigenvalue weighted by Crippen LogP contribution is -2.42. The number of carboxylic acid groups (broad SMARTS) is 2. The van der Waals surface area contributed by atoms with Crippen molar-refractivity contribution in [1.29, 1.82) is 0 Å². The number of carbonyl (C=O) groups excluding carboxylic acids is 6. The van der Waals surface area contributed by atoms with Crippen LogP contribution in [-0.2, 0) is 38.1 Å². The molecule has 11 rings (SSSR count). The van der Waals surface area contributed by atoms with Crippen LogP contribution in [0.4, 0.5) is 19.2 Å². The van der Waals surface area contributed by atoms with Crippen LogP contribution in [0, 0.1) is 0 Å². The number of nitrogens with two attached hydrogens (primary N) is 1. The number of nitrogens with zero attached hydrogens (tertiary/aromatic N) is 4. The summed E-state index contributed by atoms with van der Waals surface area (Å²) in [6.45, 7) is 1.09. The number of fused-ring (bicyclic) bond motifs is 2. The lowest BCUT2D eigenvalue weighted by atomic mass is 9.99. The van der Waals surface area contributed by atoms with E-state index >= 15 is 0 Å². The Morgan fingerprint density at radius 1 is 0.516 bits per heavy atom. The van der Waals surface area contributed by atoms with Gasteiger partial charge in [0.2, 0.25) is 0 Å². The average Bonchev–Trinajstić information content (AvgIpc) is 1.71. The van der Waals surface area contributed by atoms with Crippen molar-refractivity contribution in [3.05, 3.63) is 216 Å². The van der Waals surface area contributed by atoms with E-state index in [1.165, 1.54) is 28.4 Å². The first kappa shape index (κ1) is 67.8. The fourth-order valence-electron chi connectivity index (χ4n) is 10.7. The van der Waals surface area contributed by atoms with E-state index in [4.69, 9.17) is 35.4 Å². The molecule has 9 N–H and O–H groups in total. The number of likely N-dealkylation sites (tertiary alicyclic amines) is 2. The van der Waals surface area contributed by atoms with Crippen LogP contribution in [0.3, 0.4) is 0 Å². The van der Waals surface area contributed by atoms with Crippen molar-refractivity contribution in [2.75, 3.05) is 41.5 Å². The van der Waals surface area contributed by atoms with Crippen molar-refractivity contribution in [2.45, 2.75) is 61.9 Å². The number of hydrogen-bond donors (Lipinski definition) is 8. The van der Waals surface area contributed by atoms with Gasteiger partial charge in [-0.2, -0.15) is 0 Å². The van der Waals surface area contributed by atoms with Gasteiger partial charge in [0.15, 0.2) is 6.04 Å². The number of carboxylic acids is 2. The first-order chi connectivity index (χ1) is 44.9. The Labute approximate surface area is 539 Å². The highest BCUT2D eigenvalue weighted by Crippen LogP contribution is 2.37. The van der Waals surface area contributed by atoms with E-state index in [0.29, 0.717) is 47.0 Å². The van der Waals surface area contributed by atoms with Gasteiger partial charge in [-0.25, -0.2) is 33.9 Å². The molecule has 2 aliphatic heterocycles. The first-order valence-corrected chi connectivity index (χ1v) is 29.7. The Balaban J connectivity index is 0.000000292. The van der Waals surface area contributed by atoms with Crippen LogP contribution in [0.2, 0.25) is 0 Å². The molecule has 0 aliphatic carbocycles. The number of aromatic nitrogens is 4. The van der Waals surface area contributed by atoms with Crippen molar-refractivity contribution in [3.63, 3.8) is 0 Å². The van der Waals surface area contributed by atoms with Gasteiger partial charge < -0.3 is 70.6 Å². The summed E-state index contributed by atoms with van der Waals surface area (Å²) in [4.78, 5) is 114. The number of aliphatic carboxylic acids is 2. The molecule has 5 amide bonds. The molecule has 2 saturated heterocycles. The van der Waals surface area contributed by atoms with Crippen molar-refractivity contribution in [3.8, 4) is 22.4 Å². The quantitative estimate of drug-likeness (QED) is 0.0349. The molecule has 4 heterocycles. The van der Waals surface area contributed by atoms with Crippen LogP contribution in [0.1, 0.15) is 95.8 Å². The number of benzene rings is 7. The highest BCUT2D eigenvalue weighted by Gasteiger charge is 2.39. The predicted molar refractivity (Wildman–Crippen MR) is 345 cm³/mol. The van der Waals surface area contributed by atoms with Crippen LogP contribution in [0.5, 0.6) is 0 Å². The van der Waals surface area contributed by atoms with E-state index in [1.807, 2.05) is 79.0 Å². The molecule has 93 heavy (non-hydrogen) atoms. The molecule has 24 nitrogen and oxygen atoms in total. The molecular weight excluding hydrogens is 1220 g/mol. The monoisotopic (exact) mass is 1280 g/mol. The number of imidazole rings is 2. The number of alkyl carbamates (subject to hydrolysis) is 3. The summed E-state index contributed by atoms with van der Waals surface area (Å²) in [6.07, 6.45) is 2.80. The van der Waals surface area contributed by atoms with E-state index in [2.05, 4.69) is 95.5 Å². The second-order valence-corrected chi connectivity index (χ2v) is 21.4. The zero-order valence-electron chi connectivity index (χ0n) is 51.1. The van der Waals surface area contributed by atoms with Gasteiger partial charge in [0.1, 0.15) is 29.8 Å². The Hall–Kier alpha value is -11.1. The van der Waals surface area contributed by atoms with Gasteiger partial charge in [-0.15, -0.1) is 0 Å². The summed E-state index contributed by atoms with van der Waals surface area (Å²) in [5, 5.41) is 27.2. The van der Waals surface area contributed by atoms with Crippen LogP contribution in [-0.4, -0.2) is 129 Å². The van der Waals surface area contributed by atoms with Gasteiger partial charge in [0.25, 0.3) is 11.8 Å². The van der Waals surface area contributed by atoms with Gasteiger partial charge in [0.05, 0.1) is 63.4 Å². The smallest absolute Gasteiger partial charge is 0.407 e. The van der Waals surface area contributed by atoms with Crippen LogP contribution >= 0.6 is 11.6 Å². The Morgan fingerprint density at radius 3 is 1.38 bits per heavy atom. The van der Waals surface area contributed by atoms with Gasteiger partial charge >= 0.3 is 35.6 Å². The van der Waals surface area contributed by atoms with E-state index in [-0.39, 0.29) is 23.9 Å². The second-order valence-electron chi connectivity index (χ2n) is 21.1. The normalized spacial score (nSPS) is 15.2. The molecule has 0 unspecified atom stereocenters. The molecule has 0 saturated carbocycles. The van der Waals surface area contributed by atoms with E-state index in [0.717, 1.165) is 69.9 Å². The maximum absolute atomic E-state index is 14.0. The fraction of sp³-hybridized carbons (Fsp3) is 0.235. The number of nitrogens with one attached hydrogen (secondary N) is 5. The van der Waals surface area contributed by atoms with E-state index in [1.54, 1.807) is 64.4 Å². The summed E-state index contributed by atoms with van der Waals surface area (Å²) >= 11 is 4.60. The van der Waals surface area contributed by atoms with Crippen LogP contribution in [0.15, 0.2) is 182 Å². The molecule has 7 aromatic carbocycles. The largest absolute Gasteiger partial charge is 0.480 e. The molecule has 2 aromatic heterocycles.